The third-order valence-corrected chi connectivity index (χ3v) is 4.60. The molecule has 0 atom stereocenters. The smallest absolute Gasteiger partial charge is 0.251 e. The van der Waals surface area contributed by atoms with Crippen molar-refractivity contribution in [2.45, 2.75) is 13.2 Å². The van der Waals surface area contributed by atoms with Gasteiger partial charge in [0.25, 0.3) is 5.91 Å². The molecule has 0 aliphatic rings. The lowest BCUT2D eigenvalue weighted by molar-refractivity contribution is 0.0950. The fourth-order valence-electron chi connectivity index (χ4n) is 2.77. The van der Waals surface area contributed by atoms with E-state index in [1.807, 2.05) is 30.3 Å². The summed E-state index contributed by atoms with van der Waals surface area (Å²) in [6.07, 6.45) is 0. The molecule has 3 aromatic rings. The molecule has 0 aromatic heterocycles. The van der Waals surface area contributed by atoms with Crippen LogP contribution in [0.3, 0.4) is 0 Å². The van der Waals surface area contributed by atoms with E-state index in [2.05, 4.69) is 5.32 Å². The van der Waals surface area contributed by atoms with Crippen molar-refractivity contribution in [2.75, 3.05) is 14.2 Å². The SMILES string of the molecule is COc1cccc(OCc2cc(C(=O)NCc3ccc(Cl)cc3)ccc2OC)c1. The Hall–Kier alpha value is -3.18. The minimum absolute atomic E-state index is 0.176. The van der Waals surface area contributed by atoms with Crippen LogP contribution in [0.2, 0.25) is 5.02 Å². The molecule has 3 rings (SSSR count). The zero-order valence-electron chi connectivity index (χ0n) is 16.3. The van der Waals surface area contributed by atoms with E-state index in [0.29, 0.717) is 34.4 Å². The van der Waals surface area contributed by atoms with Crippen LogP contribution >= 0.6 is 11.6 Å². The van der Waals surface area contributed by atoms with Crippen LogP contribution in [0.1, 0.15) is 21.5 Å². The Morgan fingerprint density at radius 2 is 1.69 bits per heavy atom. The quantitative estimate of drug-likeness (QED) is 0.574. The van der Waals surface area contributed by atoms with Gasteiger partial charge in [0.1, 0.15) is 23.9 Å². The molecule has 0 heterocycles. The summed E-state index contributed by atoms with van der Waals surface area (Å²) < 4.78 is 16.5. The van der Waals surface area contributed by atoms with E-state index in [9.17, 15) is 4.79 Å². The van der Waals surface area contributed by atoms with Crippen molar-refractivity contribution in [1.29, 1.82) is 0 Å². The molecule has 150 valence electrons. The van der Waals surface area contributed by atoms with Gasteiger partial charge in [0.05, 0.1) is 14.2 Å². The molecule has 0 bridgehead atoms. The number of hydrogen-bond donors (Lipinski definition) is 1. The van der Waals surface area contributed by atoms with Gasteiger partial charge in [0, 0.05) is 28.8 Å². The van der Waals surface area contributed by atoms with Gasteiger partial charge in [0.15, 0.2) is 0 Å². The number of amides is 1. The number of carbonyl (C=O) groups is 1. The average molecular weight is 412 g/mol. The Labute approximate surface area is 175 Å². The minimum atomic E-state index is -0.176. The van der Waals surface area contributed by atoms with Crippen LogP contribution in [0.15, 0.2) is 66.7 Å². The maximum absolute atomic E-state index is 12.6. The van der Waals surface area contributed by atoms with Crippen molar-refractivity contribution in [2.24, 2.45) is 0 Å². The van der Waals surface area contributed by atoms with Crippen molar-refractivity contribution >= 4 is 17.5 Å². The number of benzene rings is 3. The fraction of sp³-hybridized carbons (Fsp3) is 0.174. The Kier molecular flexibility index (Phi) is 6.98. The highest BCUT2D eigenvalue weighted by atomic mass is 35.5. The molecule has 0 aliphatic carbocycles. The second kappa shape index (κ2) is 9.85. The molecule has 0 fully saturated rings. The molecule has 1 N–H and O–H groups in total. The minimum Gasteiger partial charge on any atom is -0.497 e. The predicted octanol–water partition coefficient (Wildman–Crippen LogP) is 4.87. The van der Waals surface area contributed by atoms with Crippen molar-refractivity contribution in [3.8, 4) is 17.2 Å². The van der Waals surface area contributed by atoms with Gasteiger partial charge in [-0.15, -0.1) is 0 Å². The summed E-state index contributed by atoms with van der Waals surface area (Å²) in [7, 11) is 3.19. The maximum atomic E-state index is 12.6. The number of methoxy groups -OCH3 is 2. The van der Waals surface area contributed by atoms with E-state index in [1.165, 1.54) is 0 Å². The van der Waals surface area contributed by atoms with Crippen molar-refractivity contribution in [3.05, 3.63) is 88.4 Å². The van der Waals surface area contributed by atoms with Gasteiger partial charge in [-0.2, -0.15) is 0 Å². The van der Waals surface area contributed by atoms with Crippen molar-refractivity contribution in [1.82, 2.24) is 5.32 Å². The highest BCUT2D eigenvalue weighted by molar-refractivity contribution is 6.30. The van der Waals surface area contributed by atoms with Crippen LogP contribution < -0.4 is 19.5 Å². The summed E-state index contributed by atoms with van der Waals surface area (Å²) in [4.78, 5) is 12.6. The summed E-state index contributed by atoms with van der Waals surface area (Å²) in [5, 5.41) is 3.57. The maximum Gasteiger partial charge on any atom is 0.251 e. The van der Waals surface area contributed by atoms with Crippen LogP contribution in [0.25, 0.3) is 0 Å². The lowest BCUT2D eigenvalue weighted by atomic mass is 10.1. The lowest BCUT2D eigenvalue weighted by Gasteiger charge is -2.13. The Morgan fingerprint density at radius 1 is 0.931 bits per heavy atom. The molecule has 6 heteroatoms. The predicted molar refractivity (Wildman–Crippen MR) is 113 cm³/mol. The summed E-state index contributed by atoms with van der Waals surface area (Å²) in [6.45, 7) is 0.673. The van der Waals surface area contributed by atoms with Gasteiger partial charge in [-0.3, -0.25) is 4.79 Å². The average Bonchev–Trinajstić information content (AvgIpc) is 2.77. The molecule has 29 heavy (non-hydrogen) atoms. The van der Waals surface area contributed by atoms with Crippen LogP contribution in [0.4, 0.5) is 0 Å². The van der Waals surface area contributed by atoms with Gasteiger partial charge >= 0.3 is 0 Å². The van der Waals surface area contributed by atoms with Crippen molar-refractivity contribution in [3.63, 3.8) is 0 Å². The topological polar surface area (TPSA) is 56.8 Å². The van der Waals surface area contributed by atoms with Gasteiger partial charge in [-0.1, -0.05) is 29.8 Å². The molecule has 0 radical (unpaired) electrons. The summed E-state index contributed by atoms with van der Waals surface area (Å²) in [5.41, 5.74) is 2.27. The van der Waals surface area contributed by atoms with E-state index >= 15 is 0 Å². The van der Waals surface area contributed by atoms with E-state index in [-0.39, 0.29) is 12.5 Å². The molecule has 0 saturated carbocycles. The molecular formula is C23H22ClNO4. The largest absolute Gasteiger partial charge is 0.497 e. The standard InChI is InChI=1S/C23H22ClNO4/c1-27-20-4-3-5-21(13-20)29-15-18-12-17(8-11-22(18)28-2)23(26)25-14-16-6-9-19(24)10-7-16/h3-13H,14-15H2,1-2H3,(H,25,26). The van der Waals surface area contributed by atoms with Crippen LogP contribution in [-0.2, 0) is 13.2 Å². The first-order chi connectivity index (χ1) is 14.1. The van der Waals surface area contributed by atoms with Gasteiger partial charge in [-0.05, 0) is 48.0 Å². The van der Waals surface area contributed by atoms with E-state index in [1.54, 1.807) is 50.6 Å². The van der Waals surface area contributed by atoms with Crippen LogP contribution in [0.5, 0.6) is 17.2 Å². The highest BCUT2D eigenvalue weighted by Gasteiger charge is 2.11. The number of hydrogen-bond acceptors (Lipinski definition) is 4. The number of carbonyl (C=O) groups excluding carboxylic acids is 1. The summed E-state index contributed by atoms with van der Waals surface area (Å²) in [5.74, 6) is 1.86. The van der Waals surface area contributed by atoms with Gasteiger partial charge in [0.2, 0.25) is 0 Å². The summed E-state index contributed by atoms with van der Waals surface area (Å²) in [6, 6.07) is 20.0. The Balaban J connectivity index is 1.68. The highest BCUT2D eigenvalue weighted by Crippen LogP contribution is 2.24. The molecule has 0 saturated heterocycles. The number of rotatable bonds is 8. The van der Waals surface area contributed by atoms with Crippen LogP contribution in [-0.4, -0.2) is 20.1 Å². The Morgan fingerprint density at radius 3 is 2.41 bits per heavy atom. The first-order valence-corrected chi connectivity index (χ1v) is 9.43. The molecular weight excluding hydrogens is 390 g/mol. The second-order valence-corrected chi connectivity index (χ2v) is 6.74. The molecule has 5 nitrogen and oxygen atoms in total. The number of ether oxygens (including phenoxy) is 3. The monoisotopic (exact) mass is 411 g/mol. The molecule has 0 aliphatic heterocycles. The zero-order chi connectivity index (χ0) is 20.6. The normalized spacial score (nSPS) is 10.3. The molecule has 3 aromatic carbocycles. The van der Waals surface area contributed by atoms with Gasteiger partial charge in [-0.25, -0.2) is 0 Å². The third kappa shape index (κ3) is 5.65. The van der Waals surface area contributed by atoms with Crippen LogP contribution in [0, 0.1) is 0 Å². The fourth-order valence-corrected chi connectivity index (χ4v) is 2.90. The number of halogens is 1. The zero-order valence-corrected chi connectivity index (χ0v) is 17.0. The number of nitrogens with one attached hydrogen (secondary N) is 1. The van der Waals surface area contributed by atoms with E-state index in [0.717, 1.165) is 11.1 Å². The summed E-state index contributed by atoms with van der Waals surface area (Å²) >= 11 is 5.89. The van der Waals surface area contributed by atoms with E-state index in [4.69, 9.17) is 25.8 Å². The molecule has 1 amide bonds. The lowest BCUT2D eigenvalue weighted by Crippen LogP contribution is -2.23. The van der Waals surface area contributed by atoms with Crippen molar-refractivity contribution < 1.29 is 19.0 Å². The van der Waals surface area contributed by atoms with Gasteiger partial charge < -0.3 is 19.5 Å². The Bertz CT molecular complexity index is 973. The second-order valence-electron chi connectivity index (χ2n) is 6.30. The molecule has 0 unspecified atom stereocenters. The molecule has 0 spiro atoms. The third-order valence-electron chi connectivity index (χ3n) is 4.34. The first kappa shape index (κ1) is 20.6. The van der Waals surface area contributed by atoms with E-state index < -0.39 is 0 Å². The first-order valence-electron chi connectivity index (χ1n) is 9.05.